The van der Waals surface area contributed by atoms with Gasteiger partial charge < -0.3 is 15.2 Å². The number of primary amides is 1. The fourth-order valence-electron chi connectivity index (χ4n) is 1.11. The molecule has 0 saturated heterocycles. The topological polar surface area (TPSA) is 61.6 Å². The number of carbonyl (C=O) groups is 1. The molecule has 0 aliphatic heterocycles. The second-order valence-corrected chi connectivity index (χ2v) is 2.97. The summed E-state index contributed by atoms with van der Waals surface area (Å²) in [4.78, 5) is 10.3. The van der Waals surface area contributed by atoms with Gasteiger partial charge in [0, 0.05) is 6.42 Å². The maximum Gasteiger partial charge on any atom is 0.243 e. The van der Waals surface area contributed by atoms with Crippen LogP contribution in [0.15, 0.2) is 24.0 Å². The molecule has 1 aliphatic rings. The van der Waals surface area contributed by atoms with Crippen LogP contribution in [-0.4, -0.2) is 25.7 Å². The van der Waals surface area contributed by atoms with E-state index < -0.39 is 5.91 Å². The minimum atomic E-state index is -0.454. The van der Waals surface area contributed by atoms with Gasteiger partial charge in [0.2, 0.25) is 5.91 Å². The predicted molar refractivity (Wildman–Crippen MR) is 52.4 cm³/mol. The van der Waals surface area contributed by atoms with E-state index in [0.717, 1.165) is 18.6 Å². The number of rotatable bonds is 6. The standard InChI is InChI=1S/C10H15NO3/c11-10(12)8-13-6-7-14-9-4-2-1-3-5-9/h1-2,4H,3,5-8H2,(H2,11,12). The molecule has 0 unspecified atom stereocenters. The number of ether oxygens (including phenoxy) is 2. The number of nitrogens with two attached hydrogens (primary N) is 1. The van der Waals surface area contributed by atoms with Crippen molar-refractivity contribution >= 4 is 5.91 Å². The van der Waals surface area contributed by atoms with E-state index in [9.17, 15) is 4.79 Å². The first-order chi connectivity index (χ1) is 6.79. The first kappa shape index (κ1) is 10.8. The van der Waals surface area contributed by atoms with Gasteiger partial charge in [-0.2, -0.15) is 0 Å². The predicted octanol–water partition coefficient (Wildman–Crippen LogP) is 0.739. The van der Waals surface area contributed by atoms with Gasteiger partial charge in [-0.3, -0.25) is 4.79 Å². The number of amides is 1. The van der Waals surface area contributed by atoms with Crippen LogP contribution in [-0.2, 0) is 14.3 Å². The molecule has 0 aromatic heterocycles. The van der Waals surface area contributed by atoms with E-state index in [0.29, 0.717) is 13.2 Å². The van der Waals surface area contributed by atoms with E-state index in [-0.39, 0.29) is 6.61 Å². The van der Waals surface area contributed by atoms with Gasteiger partial charge in [-0.15, -0.1) is 0 Å². The van der Waals surface area contributed by atoms with Crippen molar-refractivity contribution in [1.29, 1.82) is 0 Å². The summed E-state index contributed by atoms with van der Waals surface area (Å²) in [6.07, 6.45) is 7.97. The van der Waals surface area contributed by atoms with Gasteiger partial charge in [0.05, 0.1) is 12.4 Å². The molecule has 1 rings (SSSR count). The van der Waals surface area contributed by atoms with Gasteiger partial charge in [-0.25, -0.2) is 0 Å². The zero-order valence-electron chi connectivity index (χ0n) is 8.07. The lowest BCUT2D eigenvalue weighted by Gasteiger charge is -2.11. The first-order valence-electron chi connectivity index (χ1n) is 4.63. The van der Waals surface area contributed by atoms with Crippen LogP contribution in [0.1, 0.15) is 12.8 Å². The van der Waals surface area contributed by atoms with Crippen molar-refractivity contribution in [2.24, 2.45) is 5.73 Å². The Bertz CT molecular complexity index is 246. The Kier molecular flexibility index (Phi) is 4.78. The highest BCUT2D eigenvalue weighted by Crippen LogP contribution is 2.12. The summed E-state index contributed by atoms with van der Waals surface area (Å²) < 4.78 is 10.3. The van der Waals surface area contributed by atoms with Crippen LogP contribution in [0.4, 0.5) is 0 Å². The van der Waals surface area contributed by atoms with E-state index in [2.05, 4.69) is 6.08 Å². The fourth-order valence-corrected chi connectivity index (χ4v) is 1.11. The van der Waals surface area contributed by atoms with Crippen molar-refractivity contribution in [2.75, 3.05) is 19.8 Å². The normalized spacial score (nSPS) is 15.0. The Balaban J connectivity index is 2.01. The van der Waals surface area contributed by atoms with Crippen molar-refractivity contribution in [1.82, 2.24) is 0 Å². The Morgan fingerprint density at radius 3 is 3.00 bits per heavy atom. The van der Waals surface area contributed by atoms with Crippen molar-refractivity contribution in [3.63, 3.8) is 0 Å². The lowest BCUT2D eigenvalue weighted by molar-refractivity contribution is -0.122. The van der Waals surface area contributed by atoms with Crippen molar-refractivity contribution in [3.05, 3.63) is 24.0 Å². The monoisotopic (exact) mass is 197 g/mol. The molecule has 14 heavy (non-hydrogen) atoms. The molecule has 4 heteroatoms. The summed E-state index contributed by atoms with van der Waals surface area (Å²) in [7, 11) is 0. The SMILES string of the molecule is NC(=O)COCCOC1=CC=CCC1. The van der Waals surface area contributed by atoms with E-state index in [4.69, 9.17) is 15.2 Å². The van der Waals surface area contributed by atoms with E-state index in [1.165, 1.54) is 0 Å². The highest BCUT2D eigenvalue weighted by atomic mass is 16.5. The minimum Gasteiger partial charge on any atom is -0.496 e. The minimum absolute atomic E-state index is 0.0394. The molecular formula is C10H15NO3. The third-order valence-electron chi connectivity index (χ3n) is 1.74. The second kappa shape index (κ2) is 6.21. The zero-order valence-corrected chi connectivity index (χ0v) is 8.07. The fraction of sp³-hybridized carbons (Fsp3) is 0.500. The van der Waals surface area contributed by atoms with E-state index >= 15 is 0 Å². The van der Waals surface area contributed by atoms with E-state index in [1.54, 1.807) is 0 Å². The van der Waals surface area contributed by atoms with E-state index in [1.807, 2.05) is 12.2 Å². The molecule has 0 saturated carbocycles. The van der Waals surface area contributed by atoms with Crippen molar-refractivity contribution in [3.8, 4) is 0 Å². The molecule has 0 heterocycles. The maximum atomic E-state index is 10.3. The highest BCUT2D eigenvalue weighted by molar-refractivity contribution is 5.74. The first-order valence-corrected chi connectivity index (χ1v) is 4.63. The molecule has 0 atom stereocenters. The molecule has 1 aliphatic carbocycles. The molecule has 0 fully saturated rings. The molecule has 2 N–H and O–H groups in total. The summed E-state index contributed by atoms with van der Waals surface area (Å²) in [6.45, 7) is 0.819. The molecule has 0 aromatic carbocycles. The molecule has 1 amide bonds. The van der Waals surface area contributed by atoms with Gasteiger partial charge in [-0.05, 0) is 12.5 Å². The average Bonchev–Trinajstić information content (AvgIpc) is 2.18. The lowest BCUT2D eigenvalue weighted by atomic mass is 10.2. The van der Waals surface area contributed by atoms with Crippen LogP contribution in [0, 0.1) is 0 Å². The van der Waals surface area contributed by atoms with Gasteiger partial charge in [-0.1, -0.05) is 12.2 Å². The summed E-state index contributed by atoms with van der Waals surface area (Å²) >= 11 is 0. The Labute approximate surface area is 83.4 Å². The summed E-state index contributed by atoms with van der Waals surface area (Å²) in [5.41, 5.74) is 4.89. The van der Waals surface area contributed by atoms with Crippen LogP contribution in [0.3, 0.4) is 0 Å². The maximum absolute atomic E-state index is 10.3. The highest BCUT2D eigenvalue weighted by Gasteiger charge is 2.00. The third kappa shape index (κ3) is 4.67. The number of hydrogen-bond acceptors (Lipinski definition) is 3. The summed E-state index contributed by atoms with van der Waals surface area (Å²) in [5, 5.41) is 0. The van der Waals surface area contributed by atoms with Crippen LogP contribution in [0.5, 0.6) is 0 Å². The van der Waals surface area contributed by atoms with Crippen LogP contribution in [0.25, 0.3) is 0 Å². The molecule has 78 valence electrons. The molecule has 4 nitrogen and oxygen atoms in total. The largest absolute Gasteiger partial charge is 0.496 e. The summed E-state index contributed by atoms with van der Waals surface area (Å²) in [6, 6.07) is 0. The van der Waals surface area contributed by atoms with Crippen LogP contribution in [0.2, 0.25) is 0 Å². The Morgan fingerprint density at radius 1 is 1.50 bits per heavy atom. The molecule has 0 radical (unpaired) electrons. The van der Waals surface area contributed by atoms with Crippen molar-refractivity contribution < 1.29 is 14.3 Å². The number of hydrogen-bond donors (Lipinski definition) is 1. The van der Waals surface area contributed by atoms with Gasteiger partial charge in [0.15, 0.2) is 0 Å². The summed E-state index contributed by atoms with van der Waals surface area (Å²) in [5.74, 6) is 0.514. The smallest absolute Gasteiger partial charge is 0.243 e. The average molecular weight is 197 g/mol. The van der Waals surface area contributed by atoms with Crippen molar-refractivity contribution in [2.45, 2.75) is 12.8 Å². The molecule has 0 bridgehead atoms. The lowest BCUT2D eigenvalue weighted by Crippen LogP contribution is -2.19. The number of allylic oxidation sites excluding steroid dienone is 4. The second-order valence-electron chi connectivity index (χ2n) is 2.97. The zero-order chi connectivity index (χ0) is 10.2. The van der Waals surface area contributed by atoms with Gasteiger partial charge in [0.1, 0.15) is 13.2 Å². The molecule has 0 aromatic rings. The van der Waals surface area contributed by atoms with Gasteiger partial charge >= 0.3 is 0 Å². The Hall–Kier alpha value is -1.29. The molecular weight excluding hydrogens is 182 g/mol. The van der Waals surface area contributed by atoms with Crippen LogP contribution < -0.4 is 5.73 Å². The third-order valence-corrected chi connectivity index (χ3v) is 1.74. The quantitative estimate of drug-likeness (QED) is 0.639. The van der Waals surface area contributed by atoms with Crippen LogP contribution >= 0.6 is 0 Å². The number of carbonyl (C=O) groups excluding carboxylic acids is 1. The van der Waals surface area contributed by atoms with Gasteiger partial charge in [0.25, 0.3) is 0 Å². The molecule has 0 spiro atoms. The Morgan fingerprint density at radius 2 is 2.36 bits per heavy atom.